The minimum Gasteiger partial charge on any atom is -0.505 e. The minimum absolute atomic E-state index is 0.0120. The van der Waals surface area contributed by atoms with Gasteiger partial charge in [-0.05, 0) is 41.8 Å². The molecule has 38 heavy (non-hydrogen) atoms. The molecular formula is C19H18N4O12S3. The quantitative estimate of drug-likeness (QED) is 0.131. The van der Waals surface area contributed by atoms with Gasteiger partial charge in [0.1, 0.15) is 21.2 Å². The summed E-state index contributed by atoms with van der Waals surface area (Å²) >= 11 is 0. The van der Waals surface area contributed by atoms with E-state index in [0.29, 0.717) is 6.07 Å². The van der Waals surface area contributed by atoms with Crippen LogP contribution in [-0.2, 0) is 35.1 Å². The number of hydrogen-bond donors (Lipinski definition) is 6. The first-order chi connectivity index (χ1) is 17.4. The highest BCUT2D eigenvalue weighted by molar-refractivity contribution is 7.86. The van der Waals surface area contributed by atoms with Crippen LogP contribution in [0.3, 0.4) is 0 Å². The smallest absolute Gasteiger partial charge is 0.298 e. The number of anilines is 1. The monoisotopic (exact) mass is 590 g/mol. The predicted octanol–water partition coefficient (Wildman–Crippen LogP) is 1.89. The van der Waals surface area contributed by atoms with E-state index in [2.05, 4.69) is 15.7 Å². The summed E-state index contributed by atoms with van der Waals surface area (Å²) in [4.78, 5) is 8.27. The zero-order chi connectivity index (χ0) is 28.8. The molecule has 16 nitrogen and oxygen atoms in total. The van der Waals surface area contributed by atoms with Gasteiger partial charge < -0.3 is 10.2 Å². The number of fused-ring (bicyclic) bond motifs is 1. The third-order valence-electron chi connectivity index (χ3n) is 4.97. The van der Waals surface area contributed by atoms with Gasteiger partial charge in [-0.3, -0.25) is 18.5 Å². The summed E-state index contributed by atoms with van der Waals surface area (Å²) in [6.45, 7) is 1.24. The molecule has 0 radical (unpaired) electrons. The Bertz CT molecular complexity index is 1840. The van der Waals surface area contributed by atoms with Gasteiger partial charge in [0.15, 0.2) is 11.5 Å². The molecule has 0 atom stereocenters. The third kappa shape index (κ3) is 5.72. The van der Waals surface area contributed by atoms with Crippen molar-refractivity contribution in [2.24, 2.45) is 10.2 Å². The molecule has 0 unspecified atom stereocenters. The van der Waals surface area contributed by atoms with Crippen LogP contribution >= 0.6 is 0 Å². The number of phenols is 2. The number of rotatable bonds is 7. The molecule has 0 spiro atoms. The fraction of sp³-hybridized carbons (Fsp3) is 0.105. The van der Waals surface area contributed by atoms with Crippen LogP contribution in [-0.4, -0.2) is 62.1 Å². The zero-order valence-electron chi connectivity index (χ0n) is 19.1. The molecular weight excluding hydrogens is 572 g/mol. The molecule has 6 N–H and O–H groups in total. The van der Waals surface area contributed by atoms with Crippen LogP contribution in [0.15, 0.2) is 61.3 Å². The van der Waals surface area contributed by atoms with E-state index < -0.39 is 73.8 Å². The molecule has 3 aromatic rings. The molecule has 0 aliphatic heterocycles. The second-order valence-corrected chi connectivity index (χ2v) is 11.7. The van der Waals surface area contributed by atoms with Gasteiger partial charge in [0.25, 0.3) is 30.4 Å². The Morgan fingerprint density at radius 1 is 0.816 bits per heavy atom. The number of hydrazine groups is 1. The topological polar surface area (TPSA) is 261 Å². The molecule has 204 valence electrons. The molecule has 0 aliphatic rings. The normalized spacial score (nSPS) is 12.8. The highest BCUT2D eigenvalue weighted by Gasteiger charge is 2.26. The number of nitrogens with zero attached hydrogens (tertiary/aromatic N) is 3. The molecule has 0 heterocycles. The van der Waals surface area contributed by atoms with E-state index in [1.165, 1.54) is 32.2 Å². The first-order valence-electron chi connectivity index (χ1n) is 9.85. The second-order valence-electron chi connectivity index (χ2n) is 7.47. The van der Waals surface area contributed by atoms with Crippen molar-refractivity contribution in [3.05, 3.63) is 36.4 Å². The first-order valence-corrected chi connectivity index (χ1v) is 14.2. The zero-order valence-corrected chi connectivity index (χ0v) is 21.6. The molecule has 3 rings (SSSR count). The van der Waals surface area contributed by atoms with Gasteiger partial charge in [0, 0.05) is 19.4 Å². The van der Waals surface area contributed by atoms with E-state index in [1.807, 2.05) is 0 Å². The molecule has 3 aromatic carbocycles. The molecule has 0 bridgehead atoms. The molecule has 0 saturated heterocycles. The average molecular weight is 591 g/mol. The summed E-state index contributed by atoms with van der Waals surface area (Å²) in [5.41, 5.74) is 0.933. The van der Waals surface area contributed by atoms with E-state index in [0.717, 1.165) is 11.1 Å². The van der Waals surface area contributed by atoms with Crippen LogP contribution in [0, 0.1) is 0 Å². The Balaban J connectivity index is 2.32. The van der Waals surface area contributed by atoms with E-state index in [9.17, 15) is 53.9 Å². The largest absolute Gasteiger partial charge is 0.505 e. The molecule has 19 heteroatoms. The maximum Gasteiger partial charge on any atom is 0.298 e. The van der Waals surface area contributed by atoms with Gasteiger partial charge in [-0.15, -0.1) is 10.2 Å². The van der Waals surface area contributed by atoms with Crippen LogP contribution in [0.1, 0.15) is 6.92 Å². The van der Waals surface area contributed by atoms with Gasteiger partial charge in [-0.25, -0.2) is 10.4 Å². The molecule has 0 fully saturated rings. The average Bonchev–Trinajstić information content (AvgIpc) is 2.77. The number of nitrogens with one attached hydrogen (secondary N) is 1. The van der Waals surface area contributed by atoms with Crippen molar-refractivity contribution in [3.63, 3.8) is 0 Å². The SMILES string of the molecule is CNN(C(C)=O)c1ccc2c(O)c(N=Nc3cc(S(=O)(=O)O)cc(S(=O)(=O)O)c3O)c(S(=O)(=O)O)cc2c1. The van der Waals surface area contributed by atoms with E-state index >= 15 is 0 Å². The summed E-state index contributed by atoms with van der Waals surface area (Å²) in [6.07, 6.45) is 0. The van der Waals surface area contributed by atoms with Crippen molar-refractivity contribution in [2.45, 2.75) is 21.6 Å². The minimum atomic E-state index is -5.26. The van der Waals surface area contributed by atoms with Crippen LogP contribution in [0.2, 0.25) is 0 Å². The van der Waals surface area contributed by atoms with Gasteiger partial charge in [-0.2, -0.15) is 25.3 Å². The maximum atomic E-state index is 12.1. The Kier molecular flexibility index (Phi) is 7.49. The number of azo groups is 1. The molecule has 0 saturated carbocycles. The number of aromatic hydroxyl groups is 2. The Morgan fingerprint density at radius 3 is 1.92 bits per heavy atom. The summed E-state index contributed by atoms with van der Waals surface area (Å²) in [5.74, 6) is -2.64. The Labute approximate surface area is 215 Å². The van der Waals surface area contributed by atoms with Crippen molar-refractivity contribution in [1.29, 1.82) is 0 Å². The van der Waals surface area contributed by atoms with Crippen molar-refractivity contribution in [2.75, 3.05) is 12.1 Å². The lowest BCUT2D eigenvalue weighted by Crippen LogP contribution is -2.38. The van der Waals surface area contributed by atoms with E-state index in [1.54, 1.807) is 0 Å². The molecule has 1 amide bonds. The standard InChI is InChI=1S/C19H18N4O12S3/c1-9(24)23(20-2)11-3-4-13-10(5-11)6-15(37(30,31)32)17(18(13)25)22-21-14-7-12(36(27,28)29)8-16(19(14)26)38(33,34)35/h3-8,20,25-26H,1-2H3,(H,27,28,29)(H,30,31,32)(H,33,34,35). The summed E-state index contributed by atoms with van der Waals surface area (Å²) in [5, 5.41) is 28.8. The summed E-state index contributed by atoms with van der Waals surface area (Å²) in [6, 6.07) is 5.47. The van der Waals surface area contributed by atoms with Crippen LogP contribution in [0.5, 0.6) is 11.5 Å². The molecule has 0 aliphatic carbocycles. The summed E-state index contributed by atoms with van der Waals surface area (Å²) < 4.78 is 98.6. The number of hydrogen-bond acceptors (Lipinski definition) is 12. The lowest BCUT2D eigenvalue weighted by Gasteiger charge is -2.20. The van der Waals surface area contributed by atoms with E-state index in [4.69, 9.17) is 0 Å². The lowest BCUT2D eigenvalue weighted by atomic mass is 10.1. The van der Waals surface area contributed by atoms with Crippen LogP contribution in [0.4, 0.5) is 17.1 Å². The highest BCUT2D eigenvalue weighted by atomic mass is 32.2. The number of carbonyl (C=O) groups is 1. The van der Waals surface area contributed by atoms with Crippen molar-refractivity contribution < 1.29 is 53.9 Å². The van der Waals surface area contributed by atoms with Crippen LogP contribution < -0.4 is 10.4 Å². The number of phenolic OH excluding ortho intramolecular Hbond substituents is 2. The Hall–Kier alpha value is -3.72. The predicted molar refractivity (Wildman–Crippen MR) is 130 cm³/mol. The fourth-order valence-corrected chi connectivity index (χ4v) is 5.22. The number of benzene rings is 3. The van der Waals surface area contributed by atoms with Gasteiger partial charge >= 0.3 is 0 Å². The molecule has 0 aromatic heterocycles. The van der Waals surface area contributed by atoms with Gasteiger partial charge in [0.05, 0.1) is 10.6 Å². The maximum absolute atomic E-state index is 12.1. The van der Waals surface area contributed by atoms with E-state index in [-0.39, 0.29) is 22.5 Å². The van der Waals surface area contributed by atoms with Crippen LogP contribution in [0.25, 0.3) is 10.8 Å². The first kappa shape index (κ1) is 28.8. The van der Waals surface area contributed by atoms with Crippen molar-refractivity contribution in [3.8, 4) is 11.5 Å². The fourth-order valence-electron chi connectivity index (χ4n) is 3.33. The van der Waals surface area contributed by atoms with Crippen molar-refractivity contribution in [1.82, 2.24) is 5.43 Å². The van der Waals surface area contributed by atoms with Gasteiger partial charge in [-0.1, -0.05) is 0 Å². The highest BCUT2D eigenvalue weighted by Crippen LogP contribution is 2.43. The Morgan fingerprint density at radius 2 is 1.42 bits per heavy atom. The van der Waals surface area contributed by atoms with Gasteiger partial charge in [0.2, 0.25) is 5.91 Å². The second kappa shape index (κ2) is 9.87. The van der Waals surface area contributed by atoms with Crippen molar-refractivity contribution >= 4 is 64.1 Å². The number of carbonyl (C=O) groups excluding carboxylic acids is 1. The number of amides is 1. The third-order valence-corrected chi connectivity index (χ3v) is 7.54. The summed E-state index contributed by atoms with van der Waals surface area (Å²) in [7, 11) is -14.0. The lowest BCUT2D eigenvalue weighted by molar-refractivity contribution is -0.117.